The molecule has 1 aromatic heterocycles. The molecule has 200 valence electrons. The standard InChI is InChI=1S/C26H36F2N2O5S/c1-26(2,3)35-23(31)16-29-10-13-33-14-15-34-25-19(5-6-20(27)24(25)28)21-17-36-22(30-21)7-4-18-8-11-32-12-9-18/h5-6,17-18,29H,4,7-16H2,1-3H3. The normalized spacial score (nSPS) is 14.7. The first kappa shape index (κ1) is 28.4. The van der Waals surface area contributed by atoms with Crippen LogP contribution < -0.4 is 10.1 Å². The molecule has 1 saturated heterocycles. The molecule has 0 unspecified atom stereocenters. The maximum absolute atomic E-state index is 14.6. The predicted octanol–water partition coefficient (Wildman–Crippen LogP) is 4.77. The van der Waals surface area contributed by atoms with Gasteiger partial charge in [-0.2, -0.15) is 4.39 Å². The number of aryl methyl sites for hydroxylation is 1. The molecule has 1 aromatic carbocycles. The number of aromatic nitrogens is 1. The van der Waals surface area contributed by atoms with E-state index in [0.29, 0.717) is 30.3 Å². The third-order valence-corrected chi connectivity index (χ3v) is 6.48. The zero-order valence-corrected chi connectivity index (χ0v) is 22.1. The number of carbonyl (C=O) groups excluding carboxylic acids is 1. The van der Waals surface area contributed by atoms with Gasteiger partial charge in [0.2, 0.25) is 5.82 Å². The van der Waals surface area contributed by atoms with Crippen LogP contribution in [-0.2, 0) is 25.4 Å². The van der Waals surface area contributed by atoms with Crippen molar-refractivity contribution in [1.82, 2.24) is 10.3 Å². The molecule has 0 radical (unpaired) electrons. The Bertz CT molecular complexity index is 974. The van der Waals surface area contributed by atoms with Crippen molar-refractivity contribution >= 4 is 17.3 Å². The number of hydrogen-bond acceptors (Lipinski definition) is 8. The number of carbonyl (C=O) groups is 1. The van der Waals surface area contributed by atoms with Crippen LogP contribution in [-0.4, -0.2) is 62.7 Å². The molecule has 36 heavy (non-hydrogen) atoms. The van der Waals surface area contributed by atoms with Crippen LogP contribution in [0, 0.1) is 17.6 Å². The molecule has 1 aliphatic heterocycles. The number of hydrogen-bond donors (Lipinski definition) is 1. The average molecular weight is 527 g/mol. The van der Waals surface area contributed by atoms with Gasteiger partial charge in [0.1, 0.15) is 12.2 Å². The fourth-order valence-corrected chi connectivity index (χ4v) is 4.62. The highest BCUT2D eigenvalue weighted by atomic mass is 32.1. The van der Waals surface area contributed by atoms with Crippen LogP contribution in [0.3, 0.4) is 0 Å². The van der Waals surface area contributed by atoms with Crippen LogP contribution in [0.2, 0.25) is 0 Å². The monoisotopic (exact) mass is 526 g/mol. The summed E-state index contributed by atoms with van der Waals surface area (Å²) in [5, 5.41) is 5.75. The Morgan fingerprint density at radius 2 is 1.97 bits per heavy atom. The molecule has 0 atom stereocenters. The van der Waals surface area contributed by atoms with E-state index in [1.54, 1.807) is 0 Å². The van der Waals surface area contributed by atoms with Crippen molar-refractivity contribution in [3.8, 4) is 17.0 Å². The maximum Gasteiger partial charge on any atom is 0.320 e. The molecule has 0 spiro atoms. The Morgan fingerprint density at radius 1 is 1.19 bits per heavy atom. The molecule has 0 aliphatic carbocycles. The first-order valence-corrected chi connectivity index (χ1v) is 13.2. The molecule has 10 heteroatoms. The summed E-state index contributed by atoms with van der Waals surface area (Å²) >= 11 is 1.52. The fraction of sp³-hybridized carbons (Fsp3) is 0.615. The van der Waals surface area contributed by atoms with Crippen molar-refractivity contribution in [2.45, 2.75) is 52.1 Å². The van der Waals surface area contributed by atoms with Crippen molar-refractivity contribution in [2.75, 3.05) is 46.1 Å². The van der Waals surface area contributed by atoms with E-state index in [2.05, 4.69) is 10.3 Å². The molecule has 2 aromatic rings. The van der Waals surface area contributed by atoms with Crippen LogP contribution in [0.5, 0.6) is 5.75 Å². The lowest BCUT2D eigenvalue weighted by Gasteiger charge is -2.21. The molecular formula is C26H36F2N2O5S. The van der Waals surface area contributed by atoms with E-state index in [1.165, 1.54) is 17.4 Å². The van der Waals surface area contributed by atoms with Gasteiger partial charge >= 0.3 is 5.97 Å². The SMILES string of the molecule is CC(C)(C)OC(=O)CNCCOCCOc1c(-c2csc(CCC3CCOCC3)n2)ccc(F)c1F. The zero-order valence-electron chi connectivity index (χ0n) is 21.2. The lowest BCUT2D eigenvalue weighted by molar-refractivity contribution is -0.153. The van der Waals surface area contributed by atoms with E-state index in [9.17, 15) is 13.6 Å². The molecule has 1 N–H and O–H groups in total. The fourth-order valence-electron chi connectivity index (χ4n) is 3.80. The summed E-state index contributed by atoms with van der Waals surface area (Å²) in [4.78, 5) is 16.3. The van der Waals surface area contributed by atoms with E-state index in [1.807, 2.05) is 26.2 Å². The third kappa shape index (κ3) is 9.38. The van der Waals surface area contributed by atoms with E-state index >= 15 is 0 Å². The number of nitrogens with one attached hydrogen (secondary N) is 1. The highest BCUT2D eigenvalue weighted by Crippen LogP contribution is 2.35. The molecule has 2 heterocycles. The maximum atomic E-state index is 14.6. The Hall–Kier alpha value is -2.14. The number of benzene rings is 1. The van der Waals surface area contributed by atoms with Crippen molar-refractivity contribution in [3.63, 3.8) is 0 Å². The second-order valence-corrected chi connectivity index (χ2v) is 10.6. The molecular weight excluding hydrogens is 490 g/mol. The van der Waals surface area contributed by atoms with Crippen molar-refractivity contribution in [3.05, 3.63) is 34.2 Å². The van der Waals surface area contributed by atoms with Gasteiger partial charge < -0.3 is 24.3 Å². The van der Waals surface area contributed by atoms with Crippen LogP contribution in [0.1, 0.15) is 45.0 Å². The molecule has 1 fully saturated rings. The van der Waals surface area contributed by atoms with Gasteiger partial charge in [0.05, 0.1) is 30.5 Å². The Balaban J connectivity index is 1.44. The molecule has 0 bridgehead atoms. The molecule has 1 aliphatic rings. The van der Waals surface area contributed by atoms with Gasteiger partial charge in [-0.25, -0.2) is 9.37 Å². The van der Waals surface area contributed by atoms with Crippen LogP contribution in [0.25, 0.3) is 11.3 Å². The largest absolute Gasteiger partial charge is 0.487 e. The van der Waals surface area contributed by atoms with Crippen molar-refractivity contribution < 1.29 is 32.5 Å². The van der Waals surface area contributed by atoms with E-state index in [4.69, 9.17) is 18.9 Å². The topological polar surface area (TPSA) is 78.9 Å². The predicted molar refractivity (Wildman–Crippen MR) is 134 cm³/mol. The van der Waals surface area contributed by atoms with Crippen LogP contribution >= 0.6 is 11.3 Å². The number of halogens is 2. The second-order valence-electron chi connectivity index (χ2n) is 9.68. The Labute approximate surface area is 215 Å². The third-order valence-electron chi connectivity index (χ3n) is 5.57. The molecule has 3 rings (SSSR count). The summed E-state index contributed by atoms with van der Waals surface area (Å²) in [6.45, 7) is 8.12. The van der Waals surface area contributed by atoms with Gasteiger partial charge in [-0.05, 0) is 64.5 Å². The van der Waals surface area contributed by atoms with Gasteiger partial charge in [-0.15, -0.1) is 11.3 Å². The number of rotatable bonds is 13. The zero-order chi connectivity index (χ0) is 26.0. The highest BCUT2D eigenvalue weighted by Gasteiger charge is 2.20. The van der Waals surface area contributed by atoms with Gasteiger partial charge in [0.15, 0.2) is 11.6 Å². The minimum absolute atomic E-state index is 0.0418. The van der Waals surface area contributed by atoms with Crippen molar-refractivity contribution in [2.24, 2.45) is 5.92 Å². The summed E-state index contributed by atoms with van der Waals surface area (Å²) in [5.41, 5.74) is 0.465. The molecule has 7 nitrogen and oxygen atoms in total. The van der Waals surface area contributed by atoms with E-state index < -0.39 is 17.2 Å². The highest BCUT2D eigenvalue weighted by molar-refractivity contribution is 7.09. The molecule has 0 amide bonds. The van der Waals surface area contributed by atoms with Crippen molar-refractivity contribution in [1.29, 1.82) is 0 Å². The number of ether oxygens (including phenoxy) is 4. The minimum atomic E-state index is -1.04. The van der Waals surface area contributed by atoms with Gasteiger partial charge in [0, 0.05) is 30.7 Å². The minimum Gasteiger partial charge on any atom is -0.487 e. The number of esters is 1. The van der Waals surface area contributed by atoms with Gasteiger partial charge in [0.25, 0.3) is 0 Å². The van der Waals surface area contributed by atoms with Crippen LogP contribution in [0.4, 0.5) is 8.78 Å². The van der Waals surface area contributed by atoms with E-state index in [-0.39, 0.29) is 31.5 Å². The van der Waals surface area contributed by atoms with Gasteiger partial charge in [-0.1, -0.05) is 0 Å². The van der Waals surface area contributed by atoms with E-state index in [0.717, 1.165) is 50.0 Å². The lowest BCUT2D eigenvalue weighted by atomic mass is 9.95. The van der Waals surface area contributed by atoms with Crippen LogP contribution in [0.15, 0.2) is 17.5 Å². The summed E-state index contributed by atoms with van der Waals surface area (Å²) < 4.78 is 50.2. The number of thiazole rings is 1. The Kier molecular flexibility index (Phi) is 11.0. The molecule has 0 saturated carbocycles. The smallest absolute Gasteiger partial charge is 0.320 e. The lowest BCUT2D eigenvalue weighted by Crippen LogP contribution is -2.33. The van der Waals surface area contributed by atoms with Gasteiger partial charge in [-0.3, -0.25) is 4.79 Å². The summed E-state index contributed by atoms with van der Waals surface area (Å²) in [6.07, 6.45) is 4.04. The summed E-state index contributed by atoms with van der Waals surface area (Å²) in [7, 11) is 0. The summed E-state index contributed by atoms with van der Waals surface area (Å²) in [5.74, 6) is -1.88. The quantitative estimate of drug-likeness (QED) is 0.297. The average Bonchev–Trinajstić information content (AvgIpc) is 3.30. The first-order chi connectivity index (χ1) is 17.2. The summed E-state index contributed by atoms with van der Waals surface area (Å²) in [6, 6.07) is 2.58. The number of nitrogens with zero attached hydrogens (tertiary/aromatic N) is 1. The second kappa shape index (κ2) is 14.0. The first-order valence-electron chi connectivity index (χ1n) is 12.4. The Morgan fingerprint density at radius 3 is 2.72 bits per heavy atom.